The van der Waals surface area contributed by atoms with Crippen molar-refractivity contribution in [2.75, 3.05) is 21.3 Å². The summed E-state index contributed by atoms with van der Waals surface area (Å²) in [5.41, 5.74) is 1.81. The molecule has 0 atom stereocenters. The Kier molecular flexibility index (Phi) is 6.66. The molecule has 0 saturated carbocycles. The monoisotopic (exact) mass is 423 g/mol. The lowest BCUT2D eigenvalue weighted by atomic mass is 10.1. The number of allylic oxidation sites excluding steroid dienone is 1. The predicted molar refractivity (Wildman–Crippen MR) is 114 cm³/mol. The maximum absolute atomic E-state index is 12.7. The molecule has 31 heavy (non-hydrogen) atoms. The summed E-state index contributed by atoms with van der Waals surface area (Å²) in [6.45, 7) is 0.274. The number of hydrogen-bond donors (Lipinski definition) is 0. The number of nitrogens with zero attached hydrogens (tertiary/aromatic N) is 3. The molecule has 3 aromatic rings. The number of nitro groups is 1. The van der Waals surface area contributed by atoms with Crippen LogP contribution in [0.1, 0.15) is 21.5 Å². The van der Waals surface area contributed by atoms with Crippen molar-refractivity contribution in [2.24, 2.45) is 0 Å². The zero-order valence-corrected chi connectivity index (χ0v) is 17.3. The number of benzene rings is 2. The van der Waals surface area contributed by atoms with E-state index in [0.717, 1.165) is 11.1 Å². The van der Waals surface area contributed by atoms with Crippen molar-refractivity contribution >= 4 is 17.5 Å². The molecular weight excluding hydrogens is 402 g/mol. The van der Waals surface area contributed by atoms with Crippen molar-refractivity contribution in [3.8, 4) is 17.2 Å². The van der Waals surface area contributed by atoms with Crippen LogP contribution in [0.3, 0.4) is 0 Å². The molecule has 0 fully saturated rings. The van der Waals surface area contributed by atoms with Gasteiger partial charge in [0.05, 0.1) is 38.4 Å². The fraction of sp³-hybridized carbons (Fsp3) is 0.182. The predicted octanol–water partition coefficient (Wildman–Crippen LogP) is 3.76. The van der Waals surface area contributed by atoms with Gasteiger partial charge in [0.15, 0.2) is 5.78 Å². The van der Waals surface area contributed by atoms with E-state index in [1.54, 1.807) is 43.5 Å². The minimum Gasteiger partial charge on any atom is -0.497 e. The van der Waals surface area contributed by atoms with E-state index in [1.807, 2.05) is 6.07 Å². The van der Waals surface area contributed by atoms with Gasteiger partial charge in [0.2, 0.25) is 0 Å². The van der Waals surface area contributed by atoms with Gasteiger partial charge in [-0.2, -0.15) is 5.10 Å². The van der Waals surface area contributed by atoms with Gasteiger partial charge >= 0.3 is 5.69 Å². The molecule has 9 heteroatoms. The number of methoxy groups -OCH3 is 3. The van der Waals surface area contributed by atoms with Crippen molar-refractivity contribution in [1.29, 1.82) is 0 Å². The maximum atomic E-state index is 12.7. The highest BCUT2D eigenvalue weighted by atomic mass is 16.6. The molecular formula is C22H21N3O6. The van der Waals surface area contributed by atoms with E-state index in [2.05, 4.69) is 5.10 Å². The summed E-state index contributed by atoms with van der Waals surface area (Å²) >= 11 is 0. The Morgan fingerprint density at radius 2 is 1.84 bits per heavy atom. The van der Waals surface area contributed by atoms with Gasteiger partial charge in [0, 0.05) is 5.56 Å². The first-order chi connectivity index (χ1) is 14.9. The third kappa shape index (κ3) is 5.08. The maximum Gasteiger partial charge on any atom is 0.307 e. The van der Waals surface area contributed by atoms with Crippen LogP contribution in [0.25, 0.3) is 6.08 Å². The van der Waals surface area contributed by atoms with Gasteiger partial charge in [-0.25, -0.2) is 0 Å². The molecule has 0 unspecified atom stereocenters. The molecule has 0 aliphatic heterocycles. The topological polar surface area (TPSA) is 106 Å². The Morgan fingerprint density at radius 3 is 2.48 bits per heavy atom. The highest BCUT2D eigenvalue weighted by molar-refractivity contribution is 6.08. The fourth-order valence-electron chi connectivity index (χ4n) is 3.00. The lowest BCUT2D eigenvalue weighted by molar-refractivity contribution is -0.385. The van der Waals surface area contributed by atoms with E-state index < -0.39 is 4.92 Å². The van der Waals surface area contributed by atoms with E-state index >= 15 is 0 Å². The van der Waals surface area contributed by atoms with Crippen molar-refractivity contribution in [3.63, 3.8) is 0 Å². The van der Waals surface area contributed by atoms with Crippen molar-refractivity contribution in [3.05, 3.63) is 81.7 Å². The molecule has 0 radical (unpaired) electrons. The van der Waals surface area contributed by atoms with E-state index in [1.165, 1.54) is 37.4 Å². The summed E-state index contributed by atoms with van der Waals surface area (Å²) in [6.07, 6.45) is 5.66. The standard InChI is InChI=1S/C22H21N3O6/c1-29-18-6-9-22(31-3)19(11-18)20(26)7-4-15-5-8-21(30-2)16(10-15)13-24-14-17(12-23-24)25(27)28/h4-12,14H,13H2,1-3H3/b7-4+. The minimum absolute atomic E-state index is 0.0900. The molecule has 0 aliphatic carbocycles. The summed E-state index contributed by atoms with van der Waals surface area (Å²) in [5.74, 6) is 1.37. The molecule has 1 heterocycles. The quantitative estimate of drug-likeness (QED) is 0.223. The zero-order chi connectivity index (χ0) is 22.4. The molecule has 9 nitrogen and oxygen atoms in total. The van der Waals surface area contributed by atoms with Gasteiger partial charge in [-0.15, -0.1) is 0 Å². The van der Waals surface area contributed by atoms with E-state index in [0.29, 0.717) is 22.8 Å². The van der Waals surface area contributed by atoms with E-state index in [-0.39, 0.29) is 18.0 Å². The van der Waals surface area contributed by atoms with Gasteiger partial charge in [0.1, 0.15) is 29.6 Å². The molecule has 2 aromatic carbocycles. The second-order valence-electron chi connectivity index (χ2n) is 6.49. The summed E-state index contributed by atoms with van der Waals surface area (Å²) in [5, 5.41) is 14.9. The van der Waals surface area contributed by atoms with Crippen molar-refractivity contribution in [2.45, 2.75) is 6.54 Å². The summed E-state index contributed by atoms with van der Waals surface area (Å²) < 4.78 is 17.3. The molecule has 0 N–H and O–H groups in total. The Hall–Kier alpha value is -4.14. The van der Waals surface area contributed by atoms with Gasteiger partial charge in [-0.3, -0.25) is 19.6 Å². The summed E-state index contributed by atoms with van der Waals surface area (Å²) in [7, 11) is 4.56. The number of carbonyl (C=O) groups is 1. The second-order valence-corrected chi connectivity index (χ2v) is 6.49. The first kappa shape index (κ1) is 21.6. The van der Waals surface area contributed by atoms with Gasteiger partial charge in [-0.1, -0.05) is 12.1 Å². The van der Waals surface area contributed by atoms with Crippen LogP contribution in [0.4, 0.5) is 5.69 Å². The SMILES string of the molecule is COc1ccc(OC)c(C(=O)/C=C/c2ccc(OC)c(Cn3cc([N+](=O)[O-])cn3)c2)c1. The molecule has 0 spiro atoms. The van der Waals surface area contributed by atoms with Crippen LogP contribution in [-0.2, 0) is 6.54 Å². The minimum atomic E-state index is -0.502. The lowest BCUT2D eigenvalue weighted by Crippen LogP contribution is -2.03. The highest BCUT2D eigenvalue weighted by Crippen LogP contribution is 2.26. The van der Waals surface area contributed by atoms with Crippen LogP contribution < -0.4 is 14.2 Å². The number of ether oxygens (including phenoxy) is 3. The molecule has 160 valence electrons. The summed E-state index contributed by atoms with van der Waals surface area (Å²) in [4.78, 5) is 23.1. The van der Waals surface area contributed by atoms with Crippen LogP contribution in [0.5, 0.6) is 17.2 Å². The number of carbonyl (C=O) groups excluding carboxylic acids is 1. The normalized spacial score (nSPS) is 10.8. The van der Waals surface area contributed by atoms with Crippen LogP contribution >= 0.6 is 0 Å². The number of aromatic nitrogens is 2. The molecule has 0 saturated heterocycles. The lowest BCUT2D eigenvalue weighted by Gasteiger charge is -2.10. The second kappa shape index (κ2) is 9.57. The Bertz CT molecular complexity index is 1140. The molecule has 0 aliphatic rings. The van der Waals surface area contributed by atoms with Crippen LogP contribution in [-0.4, -0.2) is 41.8 Å². The van der Waals surface area contributed by atoms with Gasteiger partial charge < -0.3 is 14.2 Å². The summed E-state index contributed by atoms with van der Waals surface area (Å²) in [6, 6.07) is 10.4. The first-order valence-corrected chi connectivity index (χ1v) is 9.23. The average Bonchev–Trinajstić information content (AvgIpc) is 3.26. The molecule has 0 amide bonds. The van der Waals surface area contributed by atoms with Crippen LogP contribution in [0, 0.1) is 10.1 Å². The zero-order valence-electron chi connectivity index (χ0n) is 17.3. The van der Waals surface area contributed by atoms with Gasteiger partial charge in [-0.05, 0) is 42.0 Å². The molecule has 0 bridgehead atoms. The Morgan fingerprint density at radius 1 is 1.10 bits per heavy atom. The first-order valence-electron chi connectivity index (χ1n) is 9.23. The number of hydrogen-bond acceptors (Lipinski definition) is 7. The highest BCUT2D eigenvalue weighted by Gasteiger charge is 2.13. The third-order valence-electron chi connectivity index (χ3n) is 4.57. The van der Waals surface area contributed by atoms with Crippen molar-refractivity contribution in [1.82, 2.24) is 9.78 Å². The number of ketones is 1. The van der Waals surface area contributed by atoms with Gasteiger partial charge in [0.25, 0.3) is 0 Å². The van der Waals surface area contributed by atoms with Crippen molar-refractivity contribution < 1.29 is 23.9 Å². The Balaban J connectivity index is 1.84. The smallest absolute Gasteiger partial charge is 0.307 e. The number of rotatable bonds is 9. The molecule has 1 aromatic heterocycles. The van der Waals surface area contributed by atoms with E-state index in [4.69, 9.17) is 14.2 Å². The average molecular weight is 423 g/mol. The fourth-order valence-corrected chi connectivity index (χ4v) is 3.00. The largest absolute Gasteiger partial charge is 0.497 e. The molecule has 3 rings (SSSR count). The van der Waals surface area contributed by atoms with Crippen LogP contribution in [0.15, 0.2) is 54.9 Å². The Labute approximate surface area is 178 Å². The third-order valence-corrected chi connectivity index (χ3v) is 4.57. The van der Waals surface area contributed by atoms with E-state index in [9.17, 15) is 14.9 Å². The van der Waals surface area contributed by atoms with Crippen LogP contribution in [0.2, 0.25) is 0 Å².